The number of fused-ring (bicyclic) bond motifs is 1. The summed E-state index contributed by atoms with van der Waals surface area (Å²) in [5, 5.41) is 24.6. The number of aliphatic hydroxyl groups is 2. The lowest BCUT2D eigenvalue weighted by Gasteiger charge is -2.32. The Hall–Kier alpha value is -4.32. The topological polar surface area (TPSA) is 40.5 Å². The van der Waals surface area contributed by atoms with E-state index in [1.54, 1.807) is 22.7 Å². The van der Waals surface area contributed by atoms with Gasteiger partial charge in [0.05, 0.1) is 0 Å². The molecule has 228 valence electrons. The quantitative estimate of drug-likeness (QED) is 0.171. The molecule has 0 aliphatic carbocycles. The molecule has 2 aromatic heterocycles. The summed E-state index contributed by atoms with van der Waals surface area (Å²) in [4.78, 5) is 2.24. The zero-order chi connectivity index (χ0) is 32.1. The van der Waals surface area contributed by atoms with Crippen LogP contribution in [0.25, 0.3) is 30.3 Å². The van der Waals surface area contributed by atoms with Gasteiger partial charge in [-0.3, -0.25) is 0 Å². The van der Waals surface area contributed by atoms with Crippen molar-refractivity contribution in [3.05, 3.63) is 178 Å². The molecule has 0 radical (unpaired) electrons. The Morgan fingerprint density at radius 1 is 0.457 bits per heavy atom. The van der Waals surface area contributed by atoms with E-state index in [9.17, 15) is 10.2 Å². The van der Waals surface area contributed by atoms with Crippen LogP contribution in [0.4, 0.5) is 0 Å². The molecule has 2 nitrogen and oxygen atoms in total. The lowest BCUT2D eigenvalue weighted by Crippen LogP contribution is -2.29. The second-order valence-corrected chi connectivity index (χ2v) is 14.6. The van der Waals surface area contributed by atoms with Gasteiger partial charge in [-0.1, -0.05) is 138 Å². The highest BCUT2D eigenvalue weighted by atomic mass is 32.1. The van der Waals surface area contributed by atoms with Crippen molar-refractivity contribution in [3.8, 4) is 20.9 Å². The summed E-state index contributed by atoms with van der Waals surface area (Å²) >= 11 is 3.48. The van der Waals surface area contributed by atoms with Gasteiger partial charge in [0.15, 0.2) is 0 Å². The molecule has 5 aromatic carbocycles. The summed E-state index contributed by atoms with van der Waals surface area (Å²) in [5.74, 6) is 0. The molecule has 0 saturated carbocycles. The number of aryl methyl sites for hydroxylation is 3. The van der Waals surface area contributed by atoms with Gasteiger partial charge in [-0.25, -0.2) is 0 Å². The maximum atomic E-state index is 12.8. The first-order valence-electron chi connectivity index (χ1n) is 15.5. The lowest BCUT2D eigenvalue weighted by molar-refractivity contribution is 0.103. The predicted molar refractivity (Wildman–Crippen MR) is 195 cm³/mol. The molecule has 4 heteroatoms. The third-order valence-corrected chi connectivity index (χ3v) is 11.4. The summed E-state index contributed by atoms with van der Waals surface area (Å²) in [6.45, 7) is 8.07. The lowest BCUT2D eigenvalue weighted by atomic mass is 9.78. The van der Waals surface area contributed by atoms with Gasteiger partial charge in [-0.15, -0.1) is 22.7 Å². The molecule has 1 unspecified atom stereocenters. The number of benzene rings is 5. The molecule has 1 atom stereocenters. The van der Waals surface area contributed by atoms with E-state index >= 15 is 0 Å². The summed E-state index contributed by atoms with van der Waals surface area (Å²) in [5.41, 5.74) is 7.36. The molecule has 0 aliphatic rings. The Morgan fingerprint density at radius 3 is 1.28 bits per heavy atom. The number of thiophene rings is 2. The van der Waals surface area contributed by atoms with Crippen molar-refractivity contribution in [2.24, 2.45) is 0 Å². The second-order valence-electron chi connectivity index (χ2n) is 12.4. The molecule has 2 N–H and O–H groups in total. The Bertz CT molecular complexity index is 2070. The van der Waals surface area contributed by atoms with E-state index in [0.29, 0.717) is 0 Å². The van der Waals surface area contributed by atoms with Gasteiger partial charge in [-0.05, 0) is 73.2 Å². The zero-order valence-electron chi connectivity index (χ0n) is 26.4. The summed E-state index contributed by atoms with van der Waals surface area (Å²) < 4.78 is 2.37. The fourth-order valence-corrected chi connectivity index (χ4v) is 8.81. The van der Waals surface area contributed by atoms with Crippen LogP contribution in [0.5, 0.6) is 0 Å². The predicted octanol–water partition coefficient (Wildman–Crippen LogP) is 10.8. The Labute approximate surface area is 278 Å². The van der Waals surface area contributed by atoms with E-state index in [0.717, 1.165) is 59.8 Å². The second kappa shape index (κ2) is 11.8. The molecule has 0 amide bonds. The van der Waals surface area contributed by atoms with Gasteiger partial charge in [0.25, 0.3) is 0 Å². The zero-order valence-corrected chi connectivity index (χ0v) is 28.0. The van der Waals surface area contributed by atoms with E-state index in [1.807, 2.05) is 85.8 Å². The summed E-state index contributed by atoms with van der Waals surface area (Å²) in [7, 11) is 0. The smallest absolute Gasteiger partial charge is 0.141 e. The van der Waals surface area contributed by atoms with Gasteiger partial charge in [0.1, 0.15) is 11.2 Å². The molecular formula is C42H36O2S2. The first-order valence-corrected chi connectivity index (χ1v) is 17.2. The van der Waals surface area contributed by atoms with Crippen LogP contribution < -0.4 is 0 Å². The minimum Gasteiger partial charge on any atom is -0.381 e. The molecule has 0 aliphatic heterocycles. The molecule has 7 rings (SSSR count). The highest BCUT2D eigenvalue weighted by molar-refractivity contribution is 7.31. The van der Waals surface area contributed by atoms with Crippen LogP contribution in [0.2, 0.25) is 0 Å². The first kappa shape index (κ1) is 30.3. The van der Waals surface area contributed by atoms with E-state index in [4.69, 9.17) is 0 Å². The van der Waals surface area contributed by atoms with Crippen LogP contribution in [0, 0.1) is 20.8 Å². The average Bonchev–Trinajstić information content (AvgIpc) is 3.65. The largest absolute Gasteiger partial charge is 0.381 e. The molecule has 0 saturated heterocycles. The molecule has 46 heavy (non-hydrogen) atoms. The maximum Gasteiger partial charge on any atom is 0.141 e. The average molecular weight is 637 g/mol. The van der Waals surface area contributed by atoms with Crippen molar-refractivity contribution in [3.63, 3.8) is 0 Å². The molecule has 0 fully saturated rings. The minimum absolute atomic E-state index is 0.840. The van der Waals surface area contributed by atoms with Crippen molar-refractivity contribution in [2.75, 3.05) is 0 Å². The fraction of sp³-hybridized carbons (Fsp3) is 0.143. The monoisotopic (exact) mass is 636 g/mol. The van der Waals surface area contributed by atoms with Crippen LogP contribution >= 0.6 is 22.7 Å². The molecule has 0 spiro atoms. The number of rotatable bonds is 7. The first-order chi connectivity index (χ1) is 22.1. The maximum absolute atomic E-state index is 12.8. The van der Waals surface area contributed by atoms with Crippen molar-refractivity contribution in [1.29, 1.82) is 0 Å². The Balaban J connectivity index is 1.32. The van der Waals surface area contributed by atoms with Gasteiger partial charge in [-0.2, -0.15) is 0 Å². The van der Waals surface area contributed by atoms with Crippen molar-refractivity contribution in [1.82, 2.24) is 0 Å². The van der Waals surface area contributed by atoms with Gasteiger partial charge in [0.2, 0.25) is 0 Å². The SMILES string of the molecule is Cc1ccc(C(C)(O)c2ccccc2-c2cc3sc(-c4ccccc4C(O)(c4ccc(C)cc4)c4ccc(C)cc4)cc3s2)cc1. The fourth-order valence-electron chi connectivity index (χ4n) is 6.34. The highest BCUT2D eigenvalue weighted by Gasteiger charge is 2.36. The summed E-state index contributed by atoms with van der Waals surface area (Å²) in [6.07, 6.45) is 0. The van der Waals surface area contributed by atoms with E-state index in [-0.39, 0.29) is 0 Å². The van der Waals surface area contributed by atoms with Crippen molar-refractivity contribution < 1.29 is 10.2 Å². The van der Waals surface area contributed by atoms with Gasteiger partial charge >= 0.3 is 0 Å². The van der Waals surface area contributed by atoms with Crippen molar-refractivity contribution >= 4 is 32.1 Å². The third kappa shape index (κ3) is 5.32. The molecular weight excluding hydrogens is 601 g/mol. The van der Waals surface area contributed by atoms with Crippen LogP contribution in [-0.4, -0.2) is 10.2 Å². The number of hydrogen-bond donors (Lipinski definition) is 2. The standard InChI is InChI=1S/C42H36O2S2/c1-27-13-19-30(20-14-27)41(4,43)35-11-7-5-9-33(35)37-25-39-40(45-37)26-38(46-39)34-10-6-8-12-36(34)42(44,31-21-15-28(2)16-22-31)32-23-17-29(3)18-24-32/h5-26,43-44H,1-4H3. The Kier molecular flexibility index (Phi) is 7.78. The molecule has 2 heterocycles. The van der Waals surface area contributed by atoms with Gasteiger partial charge < -0.3 is 10.2 Å². The highest BCUT2D eigenvalue weighted by Crippen LogP contribution is 2.48. The molecule has 7 aromatic rings. The van der Waals surface area contributed by atoms with Crippen LogP contribution in [0.3, 0.4) is 0 Å². The molecule has 0 bridgehead atoms. The van der Waals surface area contributed by atoms with E-state index < -0.39 is 11.2 Å². The van der Waals surface area contributed by atoms with E-state index in [1.165, 1.54) is 15.0 Å². The Morgan fingerprint density at radius 2 is 0.826 bits per heavy atom. The van der Waals surface area contributed by atoms with Gasteiger partial charge in [0, 0.05) is 24.7 Å². The van der Waals surface area contributed by atoms with Crippen LogP contribution in [-0.2, 0) is 11.2 Å². The third-order valence-electron chi connectivity index (χ3n) is 9.06. The van der Waals surface area contributed by atoms with Crippen molar-refractivity contribution in [2.45, 2.75) is 38.9 Å². The minimum atomic E-state index is -1.33. The van der Waals surface area contributed by atoms with E-state index in [2.05, 4.69) is 75.4 Å². The number of hydrogen-bond acceptors (Lipinski definition) is 4. The van der Waals surface area contributed by atoms with Crippen LogP contribution in [0.1, 0.15) is 51.4 Å². The normalized spacial score (nSPS) is 13.2. The van der Waals surface area contributed by atoms with Crippen LogP contribution in [0.15, 0.2) is 133 Å². The summed E-state index contributed by atoms with van der Waals surface area (Å²) in [6, 6.07) is 45.4.